The Morgan fingerprint density at radius 3 is 2.95 bits per heavy atom. The van der Waals surface area contributed by atoms with Crippen LogP contribution in [0, 0.1) is 5.82 Å². The number of ether oxygens (including phenoxy) is 1. The van der Waals surface area contributed by atoms with Gasteiger partial charge >= 0.3 is 0 Å². The summed E-state index contributed by atoms with van der Waals surface area (Å²) in [6, 6.07) is 0.150. The molecule has 2 rings (SSSR count). The van der Waals surface area contributed by atoms with Gasteiger partial charge in [0, 0.05) is 12.6 Å². The van der Waals surface area contributed by atoms with Gasteiger partial charge in [-0.25, -0.2) is 9.37 Å². The molecule has 0 radical (unpaired) electrons. The van der Waals surface area contributed by atoms with Gasteiger partial charge in [0.15, 0.2) is 11.6 Å². The van der Waals surface area contributed by atoms with Crippen molar-refractivity contribution in [1.82, 2.24) is 9.97 Å². The van der Waals surface area contributed by atoms with Crippen molar-refractivity contribution in [3.05, 3.63) is 12.0 Å². The van der Waals surface area contributed by atoms with Gasteiger partial charge in [-0.1, -0.05) is 13.8 Å². The van der Waals surface area contributed by atoms with Gasteiger partial charge < -0.3 is 15.8 Å². The van der Waals surface area contributed by atoms with Gasteiger partial charge in [0.25, 0.3) is 0 Å². The summed E-state index contributed by atoms with van der Waals surface area (Å²) in [4.78, 5) is 7.53. The Balaban J connectivity index is 2.08. The third-order valence-corrected chi connectivity index (χ3v) is 3.89. The highest BCUT2D eigenvalue weighted by Crippen LogP contribution is 2.32. The molecule has 1 aliphatic rings. The van der Waals surface area contributed by atoms with Crippen molar-refractivity contribution in [2.45, 2.75) is 51.2 Å². The summed E-state index contributed by atoms with van der Waals surface area (Å²) in [6.45, 7) is 4.92. The molecule has 0 amide bonds. The number of nitrogens with one attached hydrogen (secondary N) is 1. The number of hydrogen-bond acceptors (Lipinski definition) is 5. The van der Waals surface area contributed by atoms with Crippen LogP contribution in [0.3, 0.4) is 0 Å². The van der Waals surface area contributed by atoms with Crippen LogP contribution in [0.1, 0.15) is 39.5 Å². The summed E-state index contributed by atoms with van der Waals surface area (Å²) < 4.78 is 19.5. The third kappa shape index (κ3) is 3.12. The van der Waals surface area contributed by atoms with E-state index in [9.17, 15) is 4.39 Å². The molecule has 3 N–H and O–H groups in total. The van der Waals surface area contributed by atoms with E-state index in [-0.39, 0.29) is 23.4 Å². The first-order chi connectivity index (χ1) is 9.08. The maximum absolute atomic E-state index is 13.6. The summed E-state index contributed by atoms with van der Waals surface area (Å²) in [5.74, 6) is -0.215. The minimum absolute atomic E-state index is 0.0770. The number of nitrogens with two attached hydrogens (primary N) is 1. The molecule has 5 nitrogen and oxygen atoms in total. The lowest BCUT2D eigenvalue weighted by Crippen LogP contribution is -2.43. The first-order valence-electron chi connectivity index (χ1n) is 6.77. The van der Waals surface area contributed by atoms with Crippen LogP contribution < -0.4 is 11.1 Å². The molecule has 1 aromatic rings. The molecule has 6 heteroatoms. The van der Waals surface area contributed by atoms with Crippen LogP contribution in [0.2, 0.25) is 0 Å². The highest BCUT2D eigenvalue weighted by atomic mass is 19.1. The van der Waals surface area contributed by atoms with Crippen LogP contribution in [0.25, 0.3) is 0 Å². The molecule has 19 heavy (non-hydrogen) atoms. The molecule has 1 fully saturated rings. The molecule has 1 aliphatic heterocycles. The summed E-state index contributed by atoms with van der Waals surface area (Å²) in [5.41, 5.74) is 5.38. The van der Waals surface area contributed by atoms with E-state index in [0.29, 0.717) is 6.61 Å². The van der Waals surface area contributed by atoms with E-state index in [1.165, 1.54) is 0 Å². The summed E-state index contributed by atoms with van der Waals surface area (Å²) in [6.07, 6.45) is 4.69. The number of nitrogen functional groups attached to an aromatic ring is 1. The topological polar surface area (TPSA) is 73.1 Å². The van der Waals surface area contributed by atoms with Crippen LogP contribution in [-0.4, -0.2) is 28.2 Å². The Kier molecular flexibility index (Phi) is 4.19. The predicted octanol–water partition coefficient (Wildman–Crippen LogP) is 2.35. The molecule has 1 aromatic heterocycles. The molecule has 2 heterocycles. The fraction of sp³-hybridized carbons (Fsp3) is 0.692. The molecule has 1 saturated heterocycles. The maximum atomic E-state index is 13.6. The van der Waals surface area contributed by atoms with E-state index in [0.717, 1.165) is 31.9 Å². The Labute approximate surface area is 112 Å². The van der Waals surface area contributed by atoms with E-state index in [1.54, 1.807) is 0 Å². The molecule has 106 valence electrons. The second kappa shape index (κ2) is 5.69. The van der Waals surface area contributed by atoms with Crippen LogP contribution in [0.5, 0.6) is 0 Å². The SMILES string of the molecule is CCC1(CC)CC(Nc2nc(N)ncc2F)CCO1. The first kappa shape index (κ1) is 14.0. The zero-order valence-corrected chi connectivity index (χ0v) is 11.4. The molecule has 0 aliphatic carbocycles. The largest absolute Gasteiger partial charge is 0.375 e. The van der Waals surface area contributed by atoms with Crippen molar-refractivity contribution in [2.24, 2.45) is 0 Å². The normalized spacial score (nSPS) is 22.2. The van der Waals surface area contributed by atoms with Gasteiger partial charge in [-0.3, -0.25) is 0 Å². The van der Waals surface area contributed by atoms with Crippen molar-refractivity contribution in [1.29, 1.82) is 0 Å². The zero-order chi connectivity index (χ0) is 13.9. The van der Waals surface area contributed by atoms with Crippen molar-refractivity contribution in [3.8, 4) is 0 Å². The maximum Gasteiger partial charge on any atom is 0.222 e. The highest BCUT2D eigenvalue weighted by Gasteiger charge is 2.34. The fourth-order valence-electron chi connectivity index (χ4n) is 2.57. The van der Waals surface area contributed by atoms with E-state index in [2.05, 4.69) is 29.1 Å². The summed E-state index contributed by atoms with van der Waals surface area (Å²) in [7, 11) is 0. The van der Waals surface area contributed by atoms with Crippen molar-refractivity contribution >= 4 is 11.8 Å². The molecular formula is C13H21FN4O. The van der Waals surface area contributed by atoms with E-state index >= 15 is 0 Å². The van der Waals surface area contributed by atoms with Gasteiger partial charge in [0.05, 0.1) is 11.8 Å². The Hall–Kier alpha value is -1.43. The lowest BCUT2D eigenvalue weighted by Gasteiger charge is -2.40. The lowest BCUT2D eigenvalue weighted by molar-refractivity contribution is -0.0865. The molecular weight excluding hydrogens is 247 g/mol. The lowest BCUT2D eigenvalue weighted by atomic mass is 9.86. The van der Waals surface area contributed by atoms with Crippen molar-refractivity contribution in [2.75, 3.05) is 17.7 Å². The van der Waals surface area contributed by atoms with Crippen LogP contribution in [0.4, 0.5) is 16.2 Å². The van der Waals surface area contributed by atoms with Gasteiger partial charge in [-0.15, -0.1) is 0 Å². The quantitative estimate of drug-likeness (QED) is 0.877. The van der Waals surface area contributed by atoms with E-state index < -0.39 is 5.82 Å². The van der Waals surface area contributed by atoms with Crippen LogP contribution in [0.15, 0.2) is 6.20 Å². The van der Waals surface area contributed by atoms with Gasteiger partial charge in [0.1, 0.15) is 0 Å². The monoisotopic (exact) mass is 268 g/mol. The van der Waals surface area contributed by atoms with Crippen molar-refractivity contribution < 1.29 is 9.13 Å². The molecule has 0 spiro atoms. The van der Waals surface area contributed by atoms with Crippen molar-refractivity contribution in [3.63, 3.8) is 0 Å². The minimum atomic E-state index is -0.473. The molecule has 1 atom stereocenters. The number of halogens is 1. The third-order valence-electron chi connectivity index (χ3n) is 3.89. The average molecular weight is 268 g/mol. The average Bonchev–Trinajstić information content (AvgIpc) is 2.43. The molecule has 0 bridgehead atoms. The minimum Gasteiger partial charge on any atom is -0.375 e. The van der Waals surface area contributed by atoms with Gasteiger partial charge in [-0.2, -0.15) is 4.98 Å². The van der Waals surface area contributed by atoms with Gasteiger partial charge in [0.2, 0.25) is 5.95 Å². The number of hydrogen-bond donors (Lipinski definition) is 2. The molecule has 1 unspecified atom stereocenters. The second-order valence-corrected chi connectivity index (χ2v) is 5.00. The number of rotatable bonds is 4. The van der Waals surface area contributed by atoms with Crippen LogP contribution in [-0.2, 0) is 4.74 Å². The number of nitrogens with zero attached hydrogens (tertiary/aromatic N) is 2. The molecule has 0 aromatic carbocycles. The Bertz CT molecular complexity index is 437. The number of anilines is 2. The molecule has 0 saturated carbocycles. The zero-order valence-electron chi connectivity index (χ0n) is 11.4. The first-order valence-corrected chi connectivity index (χ1v) is 6.77. The number of aromatic nitrogens is 2. The second-order valence-electron chi connectivity index (χ2n) is 5.00. The predicted molar refractivity (Wildman–Crippen MR) is 72.3 cm³/mol. The van der Waals surface area contributed by atoms with E-state index in [4.69, 9.17) is 10.5 Å². The van der Waals surface area contributed by atoms with Gasteiger partial charge in [-0.05, 0) is 25.7 Å². The fourth-order valence-corrected chi connectivity index (χ4v) is 2.57. The standard InChI is InChI=1S/C13H21FN4O/c1-3-13(4-2)7-9(5-6-19-13)17-11-10(14)8-16-12(15)18-11/h8-9H,3-7H2,1-2H3,(H3,15,16,17,18). The Morgan fingerprint density at radius 2 is 2.26 bits per heavy atom. The summed E-state index contributed by atoms with van der Waals surface area (Å²) in [5, 5.41) is 3.13. The van der Waals surface area contributed by atoms with Crippen LogP contribution >= 0.6 is 0 Å². The van der Waals surface area contributed by atoms with E-state index in [1.807, 2.05) is 0 Å². The highest BCUT2D eigenvalue weighted by molar-refractivity contribution is 5.40. The smallest absolute Gasteiger partial charge is 0.222 e. The Morgan fingerprint density at radius 1 is 1.53 bits per heavy atom. The summed E-state index contributed by atoms with van der Waals surface area (Å²) >= 11 is 0.